The predicted octanol–water partition coefficient (Wildman–Crippen LogP) is 2.46. The first-order chi connectivity index (χ1) is 14.3. The Hall–Kier alpha value is -3.35. The van der Waals surface area contributed by atoms with E-state index >= 15 is 0 Å². The molecule has 0 fully saturated rings. The number of nitrogens with two attached hydrogens (primary N) is 1. The van der Waals surface area contributed by atoms with Crippen LogP contribution in [0.4, 0.5) is 4.79 Å². The van der Waals surface area contributed by atoms with Crippen LogP contribution in [-0.2, 0) is 27.4 Å². The van der Waals surface area contributed by atoms with Gasteiger partial charge in [0.15, 0.2) is 0 Å². The number of rotatable bonds is 9. The number of hydrogen-bond donors (Lipinski definition) is 3. The maximum atomic E-state index is 12.8. The van der Waals surface area contributed by atoms with Crippen LogP contribution in [0.5, 0.6) is 0 Å². The van der Waals surface area contributed by atoms with E-state index < -0.39 is 30.0 Å². The first kappa shape index (κ1) is 22.9. The number of primary amides is 1. The van der Waals surface area contributed by atoms with Gasteiger partial charge in [0.2, 0.25) is 11.8 Å². The summed E-state index contributed by atoms with van der Waals surface area (Å²) in [4.78, 5) is 36.8. The predicted molar refractivity (Wildman–Crippen MR) is 114 cm³/mol. The lowest BCUT2D eigenvalue weighted by Crippen LogP contribution is -2.55. The molecular weight excluding hydrogens is 382 g/mol. The minimum absolute atomic E-state index is 0.0936. The van der Waals surface area contributed by atoms with Gasteiger partial charge in [-0.15, -0.1) is 0 Å². The number of benzene rings is 2. The van der Waals surface area contributed by atoms with E-state index in [1.165, 1.54) is 0 Å². The summed E-state index contributed by atoms with van der Waals surface area (Å²) in [5.41, 5.74) is 8.26. The summed E-state index contributed by atoms with van der Waals surface area (Å²) in [5.74, 6) is -1.35. The van der Waals surface area contributed by atoms with Crippen molar-refractivity contribution in [2.75, 3.05) is 0 Å². The number of carbonyl (C=O) groups excluding carboxylic acids is 3. The quantitative estimate of drug-likeness (QED) is 0.589. The molecule has 0 aliphatic rings. The SMILES string of the molecule is Cc1cccc(C[C@H](NC(=O)[C@H](NC(=O)OCc2ccccc2)C(C)C)C(N)=O)c1. The van der Waals surface area contributed by atoms with E-state index in [1.807, 2.05) is 61.5 Å². The Kier molecular flexibility index (Phi) is 8.41. The van der Waals surface area contributed by atoms with Gasteiger partial charge in [-0.3, -0.25) is 9.59 Å². The fourth-order valence-corrected chi connectivity index (χ4v) is 2.99. The van der Waals surface area contributed by atoms with Crippen molar-refractivity contribution in [3.8, 4) is 0 Å². The summed E-state index contributed by atoms with van der Waals surface area (Å²) in [7, 11) is 0. The van der Waals surface area contributed by atoms with Gasteiger partial charge in [0, 0.05) is 6.42 Å². The second kappa shape index (κ2) is 11.0. The fraction of sp³-hybridized carbons (Fsp3) is 0.348. The molecule has 30 heavy (non-hydrogen) atoms. The van der Waals surface area contributed by atoms with E-state index in [2.05, 4.69) is 10.6 Å². The Morgan fingerprint density at radius 2 is 1.63 bits per heavy atom. The van der Waals surface area contributed by atoms with Crippen LogP contribution >= 0.6 is 0 Å². The van der Waals surface area contributed by atoms with Gasteiger partial charge < -0.3 is 21.1 Å². The van der Waals surface area contributed by atoms with Crippen LogP contribution in [-0.4, -0.2) is 30.0 Å². The van der Waals surface area contributed by atoms with Gasteiger partial charge in [-0.05, 0) is 24.0 Å². The van der Waals surface area contributed by atoms with Crippen LogP contribution in [0.3, 0.4) is 0 Å². The summed E-state index contributed by atoms with van der Waals surface area (Å²) in [5, 5.41) is 5.24. The fourth-order valence-electron chi connectivity index (χ4n) is 2.99. The van der Waals surface area contributed by atoms with Crippen LogP contribution in [0, 0.1) is 12.8 Å². The zero-order valence-corrected chi connectivity index (χ0v) is 17.6. The van der Waals surface area contributed by atoms with Gasteiger partial charge in [-0.1, -0.05) is 74.0 Å². The lowest BCUT2D eigenvalue weighted by Gasteiger charge is -2.24. The smallest absolute Gasteiger partial charge is 0.408 e. The zero-order valence-electron chi connectivity index (χ0n) is 17.6. The second-order valence-corrected chi connectivity index (χ2v) is 7.58. The monoisotopic (exact) mass is 411 g/mol. The molecule has 7 nitrogen and oxygen atoms in total. The third-order valence-corrected chi connectivity index (χ3v) is 4.62. The molecule has 2 atom stereocenters. The highest BCUT2D eigenvalue weighted by Gasteiger charge is 2.28. The van der Waals surface area contributed by atoms with Gasteiger partial charge >= 0.3 is 6.09 Å². The maximum Gasteiger partial charge on any atom is 0.408 e. The second-order valence-electron chi connectivity index (χ2n) is 7.58. The Bertz CT molecular complexity index is 868. The molecule has 0 aliphatic heterocycles. The third kappa shape index (κ3) is 7.24. The van der Waals surface area contributed by atoms with Gasteiger partial charge in [-0.2, -0.15) is 0 Å². The molecule has 0 heterocycles. The Balaban J connectivity index is 1.98. The van der Waals surface area contributed by atoms with Crippen molar-refractivity contribution in [1.29, 1.82) is 0 Å². The van der Waals surface area contributed by atoms with Gasteiger partial charge in [0.1, 0.15) is 18.7 Å². The maximum absolute atomic E-state index is 12.8. The van der Waals surface area contributed by atoms with Crippen LogP contribution in [0.15, 0.2) is 54.6 Å². The molecule has 2 aromatic rings. The van der Waals surface area contributed by atoms with Gasteiger partial charge in [-0.25, -0.2) is 4.79 Å². The summed E-state index contributed by atoms with van der Waals surface area (Å²) in [6, 6.07) is 15.1. The summed E-state index contributed by atoms with van der Waals surface area (Å²) in [6.45, 7) is 5.63. The van der Waals surface area contributed by atoms with E-state index in [-0.39, 0.29) is 18.9 Å². The van der Waals surface area contributed by atoms with Crippen LogP contribution < -0.4 is 16.4 Å². The normalized spacial score (nSPS) is 12.7. The first-order valence-corrected chi connectivity index (χ1v) is 9.88. The number of alkyl carbamates (subject to hydrolysis) is 1. The highest BCUT2D eigenvalue weighted by atomic mass is 16.5. The minimum Gasteiger partial charge on any atom is -0.445 e. The highest BCUT2D eigenvalue weighted by Crippen LogP contribution is 2.09. The molecule has 0 aliphatic carbocycles. The lowest BCUT2D eigenvalue weighted by atomic mass is 10.0. The Morgan fingerprint density at radius 1 is 0.967 bits per heavy atom. The Morgan fingerprint density at radius 3 is 2.23 bits per heavy atom. The van der Waals surface area contributed by atoms with E-state index in [9.17, 15) is 14.4 Å². The van der Waals surface area contributed by atoms with Crippen molar-refractivity contribution in [3.63, 3.8) is 0 Å². The molecule has 160 valence electrons. The molecule has 2 rings (SSSR count). The average Bonchev–Trinajstić information content (AvgIpc) is 2.70. The molecule has 0 aromatic heterocycles. The molecule has 7 heteroatoms. The van der Waals surface area contributed by atoms with Crippen molar-refractivity contribution in [1.82, 2.24) is 10.6 Å². The number of aryl methyl sites for hydroxylation is 1. The molecule has 0 saturated heterocycles. The summed E-state index contributed by atoms with van der Waals surface area (Å²) in [6.07, 6.45) is -0.437. The standard InChI is InChI=1S/C23H29N3O4/c1-15(2)20(26-23(29)30-14-17-9-5-4-6-10-17)22(28)25-19(21(24)27)13-18-11-7-8-16(3)12-18/h4-12,15,19-20H,13-14H2,1-3H3,(H2,24,27)(H,25,28)(H,26,29)/t19-,20+/m0/s1. The number of nitrogens with one attached hydrogen (secondary N) is 2. The van der Waals surface area contributed by atoms with E-state index in [0.717, 1.165) is 16.7 Å². The van der Waals surface area contributed by atoms with E-state index in [4.69, 9.17) is 10.5 Å². The largest absolute Gasteiger partial charge is 0.445 e. The highest BCUT2D eigenvalue weighted by molar-refractivity contribution is 5.91. The van der Waals surface area contributed by atoms with E-state index in [0.29, 0.717) is 0 Å². The van der Waals surface area contributed by atoms with Crippen molar-refractivity contribution in [3.05, 3.63) is 71.3 Å². The van der Waals surface area contributed by atoms with Crippen molar-refractivity contribution in [2.45, 2.75) is 45.9 Å². The summed E-state index contributed by atoms with van der Waals surface area (Å²) < 4.78 is 5.20. The summed E-state index contributed by atoms with van der Waals surface area (Å²) >= 11 is 0. The van der Waals surface area contributed by atoms with E-state index in [1.54, 1.807) is 13.8 Å². The van der Waals surface area contributed by atoms with Crippen LogP contribution in [0.1, 0.15) is 30.5 Å². The molecule has 3 amide bonds. The molecule has 0 radical (unpaired) electrons. The molecule has 0 unspecified atom stereocenters. The van der Waals surface area contributed by atoms with Crippen LogP contribution in [0.25, 0.3) is 0 Å². The lowest BCUT2D eigenvalue weighted by molar-refractivity contribution is -0.129. The molecule has 0 saturated carbocycles. The topological polar surface area (TPSA) is 111 Å². The molecular formula is C23H29N3O4. The van der Waals surface area contributed by atoms with Gasteiger partial charge in [0.05, 0.1) is 0 Å². The molecule has 0 bridgehead atoms. The average molecular weight is 412 g/mol. The zero-order chi connectivity index (χ0) is 22.1. The molecule has 0 spiro atoms. The minimum atomic E-state index is -0.886. The van der Waals surface area contributed by atoms with Crippen LogP contribution in [0.2, 0.25) is 0 Å². The third-order valence-electron chi connectivity index (χ3n) is 4.62. The number of amides is 3. The van der Waals surface area contributed by atoms with Crippen molar-refractivity contribution in [2.24, 2.45) is 11.7 Å². The number of ether oxygens (including phenoxy) is 1. The Labute approximate surface area is 177 Å². The van der Waals surface area contributed by atoms with Crippen molar-refractivity contribution >= 4 is 17.9 Å². The van der Waals surface area contributed by atoms with Gasteiger partial charge in [0.25, 0.3) is 0 Å². The number of hydrogen-bond acceptors (Lipinski definition) is 4. The first-order valence-electron chi connectivity index (χ1n) is 9.88. The van der Waals surface area contributed by atoms with Crippen molar-refractivity contribution < 1.29 is 19.1 Å². The molecule has 4 N–H and O–H groups in total. The molecule has 2 aromatic carbocycles. The number of carbonyl (C=O) groups is 3.